The van der Waals surface area contributed by atoms with E-state index in [0.717, 1.165) is 25.7 Å². The van der Waals surface area contributed by atoms with Gasteiger partial charge in [-0.15, -0.1) is 0 Å². The number of hydrogen-bond acceptors (Lipinski definition) is 3. The van der Waals surface area contributed by atoms with Crippen LogP contribution in [0, 0.1) is 5.92 Å². The fourth-order valence-electron chi connectivity index (χ4n) is 1.52. The van der Waals surface area contributed by atoms with E-state index in [9.17, 15) is 0 Å². The van der Waals surface area contributed by atoms with Crippen LogP contribution in [0.4, 0.5) is 5.95 Å². The summed E-state index contributed by atoms with van der Waals surface area (Å²) in [6.07, 6.45) is 6.39. The molecule has 1 aromatic heterocycles. The van der Waals surface area contributed by atoms with Crippen molar-refractivity contribution in [1.29, 1.82) is 0 Å². The SMILES string of the molecule is CC(C)COCCn1ccnc1NC1CC1. The summed E-state index contributed by atoms with van der Waals surface area (Å²) in [5.41, 5.74) is 0. The molecule has 4 heteroatoms. The second kappa shape index (κ2) is 5.34. The van der Waals surface area contributed by atoms with E-state index in [1.54, 1.807) is 0 Å². The van der Waals surface area contributed by atoms with Crippen molar-refractivity contribution < 1.29 is 4.74 Å². The minimum absolute atomic E-state index is 0.604. The molecule has 4 nitrogen and oxygen atoms in total. The zero-order valence-electron chi connectivity index (χ0n) is 10.1. The number of nitrogens with one attached hydrogen (secondary N) is 1. The lowest BCUT2D eigenvalue weighted by Gasteiger charge is -2.10. The lowest BCUT2D eigenvalue weighted by molar-refractivity contribution is 0.103. The van der Waals surface area contributed by atoms with E-state index in [-0.39, 0.29) is 0 Å². The van der Waals surface area contributed by atoms with Gasteiger partial charge in [-0.1, -0.05) is 13.8 Å². The van der Waals surface area contributed by atoms with Crippen LogP contribution in [0.3, 0.4) is 0 Å². The van der Waals surface area contributed by atoms with Gasteiger partial charge in [-0.3, -0.25) is 0 Å². The zero-order valence-corrected chi connectivity index (χ0v) is 10.1. The molecule has 1 saturated carbocycles. The predicted molar refractivity (Wildman–Crippen MR) is 64.5 cm³/mol. The van der Waals surface area contributed by atoms with Gasteiger partial charge in [-0.05, 0) is 18.8 Å². The highest BCUT2D eigenvalue weighted by atomic mass is 16.5. The maximum Gasteiger partial charge on any atom is 0.203 e. The van der Waals surface area contributed by atoms with Gasteiger partial charge in [0.2, 0.25) is 5.95 Å². The molecule has 0 atom stereocenters. The summed E-state index contributed by atoms with van der Waals surface area (Å²) in [5.74, 6) is 1.59. The molecule has 0 unspecified atom stereocenters. The van der Waals surface area contributed by atoms with Crippen molar-refractivity contribution in [3.05, 3.63) is 12.4 Å². The Bertz CT molecular complexity index is 318. The largest absolute Gasteiger partial charge is 0.379 e. The maximum absolute atomic E-state index is 5.57. The summed E-state index contributed by atoms with van der Waals surface area (Å²) in [5, 5.41) is 3.41. The maximum atomic E-state index is 5.57. The Morgan fingerprint density at radius 3 is 3.06 bits per heavy atom. The van der Waals surface area contributed by atoms with Gasteiger partial charge < -0.3 is 14.6 Å². The number of ether oxygens (including phenoxy) is 1. The van der Waals surface area contributed by atoms with Crippen LogP contribution in [0.15, 0.2) is 12.4 Å². The Morgan fingerprint density at radius 2 is 2.38 bits per heavy atom. The van der Waals surface area contributed by atoms with Gasteiger partial charge in [-0.2, -0.15) is 0 Å². The lowest BCUT2D eigenvalue weighted by atomic mass is 10.2. The van der Waals surface area contributed by atoms with Gasteiger partial charge in [-0.25, -0.2) is 4.98 Å². The van der Waals surface area contributed by atoms with Crippen molar-refractivity contribution >= 4 is 5.95 Å². The van der Waals surface area contributed by atoms with Gasteiger partial charge in [0.05, 0.1) is 6.61 Å². The molecule has 0 bridgehead atoms. The van der Waals surface area contributed by atoms with E-state index >= 15 is 0 Å². The standard InChI is InChI=1S/C12H21N3O/c1-10(2)9-16-8-7-15-6-5-13-12(15)14-11-3-4-11/h5-6,10-11H,3-4,7-9H2,1-2H3,(H,13,14). The van der Waals surface area contributed by atoms with Gasteiger partial charge in [0.1, 0.15) is 0 Å². The summed E-state index contributed by atoms with van der Waals surface area (Å²) in [7, 11) is 0. The number of aromatic nitrogens is 2. The molecule has 0 spiro atoms. The summed E-state index contributed by atoms with van der Waals surface area (Å²) in [6.45, 7) is 6.80. The molecule has 1 fully saturated rings. The van der Waals surface area contributed by atoms with E-state index in [1.807, 2.05) is 12.4 Å². The minimum atomic E-state index is 0.604. The predicted octanol–water partition coefficient (Wildman–Crippen LogP) is 2.13. The topological polar surface area (TPSA) is 39.1 Å². The monoisotopic (exact) mass is 223 g/mol. The number of nitrogens with zero attached hydrogens (tertiary/aromatic N) is 2. The van der Waals surface area contributed by atoms with Crippen molar-refractivity contribution in [3.8, 4) is 0 Å². The average Bonchev–Trinajstić information content (AvgIpc) is 2.93. The summed E-state index contributed by atoms with van der Waals surface area (Å²) in [6, 6.07) is 0.651. The smallest absolute Gasteiger partial charge is 0.203 e. The van der Waals surface area contributed by atoms with E-state index in [4.69, 9.17) is 4.74 Å². The minimum Gasteiger partial charge on any atom is -0.379 e. The Labute approximate surface area is 97.0 Å². The first-order valence-electron chi connectivity index (χ1n) is 6.11. The normalized spacial score (nSPS) is 15.7. The first-order valence-corrected chi connectivity index (χ1v) is 6.11. The molecule has 1 heterocycles. The highest BCUT2D eigenvalue weighted by Gasteiger charge is 2.22. The van der Waals surface area contributed by atoms with Crippen LogP contribution in [-0.4, -0.2) is 28.8 Å². The summed E-state index contributed by atoms with van der Waals surface area (Å²) in [4.78, 5) is 4.31. The summed E-state index contributed by atoms with van der Waals surface area (Å²) >= 11 is 0. The Balaban J connectivity index is 1.72. The first-order chi connectivity index (χ1) is 7.75. The molecular weight excluding hydrogens is 202 g/mol. The van der Waals surface area contributed by atoms with Crippen LogP contribution in [0.25, 0.3) is 0 Å². The molecule has 0 aromatic carbocycles. The molecule has 1 N–H and O–H groups in total. The molecule has 0 saturated heterocycles. The molecule has 1 aliphatic carbocycles. The third kappa shape index (κ3) is 3.52. The highest BCUT2D eigenvalue weighted by molar-refractivity contribution is 5.29. The molecule has 0 radical (unpaired) electrons. The molecule has 0 amide bonds. The van der Waals surface area contributed by atoms with Crippen LogP contribution in [0.5, 0.6) is 0 Å². The average molecular weight is 223 g/mol. The fourth-order valence-corrected chi connectivity index (χ4v) is 1.52. The van der Waals surface area contributed by atoms with Crippen molar-refractivity contribution in [2.24, 2.45) is 5.92 Å². The van der Waals surface area contributed by atoms with Crippen LogP contribution >= 0.6 is 0 Å². The van der Waals surface area contributed by atoms with E-state index in [2.05, 4.69) is 28.7 Å². The number of hydrogen-bond donors (Lipinski definition) is 1. The van der Waals surface area contributed by atoms with Crippen LogP contribution in [-0.2, 0) is 11.3 Å². The second-order valence-corrected chi connectivity index (χ2v) is 4.83. The molecule has 1 aliphatic rings. The third-order valence-electron chi connectivity index (χ3n) is 2.55. The number of rotatable bonds is 7. The van der Waals surface area contributed by atoms with Crippen LogP contribution in [0.1, 0.15) is 26.7 Å². The number of anilines is 1. The lowest BCUT2D eigenvalue weighted by Crippen LogP contribution is -2.13. The fraction of sp³-hybridized carbons (Fsp3) is 0.750. The van der Waals surface area contributed by atoms with Crippen LogP contribution in [0.2, 0.25) is 0 Å². The van der Waals surface area contributed by atoms with Crippen molar-refractivity contribution in [2.45, 2.75) is 39.3 Å². The van der Waals surface area contributed by atoms with Crippen LogP contribution < -0.4 is 5.32 Å². The van der Waals surface area contributed by atoms with Gasteiger partial charge in [0, 0.05) is 31.6 Å². The molecule has 16 heavy (non-hydrogen) atoms. The van der Waals surface area contributed by atoms with E-state index < -0.39 is 0 Å². The van der Waals surface area contributed by atoms with Crippen molar-refractivity contribution in [1.82, 2.24) is 9.55 Å². The van der Waals surface area contributed by atoms with Gasteiger partial charge in [0.15, 0.2) is 0 Å². The van der Waals surface area contributed by atoms with Crippen molar-refractivity contribution in [3.63, 3.8) is 0 Å². The Morgan fingerprint density at radius 1 is 1.56 bits per heavy atom. The quantitative estimate of drug-likeness (QED) is 0.720. The Hall–Kier alpha value is -1.03. The molecular formula is C12H21N3O. The molecule has 1 aromatic rings. The zero-order chi connectivity index (χ0) is 11.4. The molecule has 0 aliphatic heterocycles. The second-order valence-electron chi connectivity index (χ2n) is 4.83. The van der Waals surface area contributed by atoms with Gasteiger partial charge in [0.25, 0.3) is 0 Å². The first kappa shape index (κ1) is 11.5. The van der Waals surface area contributed by atoms with Crippen molar-refractivity contribution in [2.75, 3.05) is 18.5 Å². The van der Waals surface area contributed by atoms with E-state index in [0.29, 0.717) is 12.0 Å². The van der Waals surface area contributed by atoms with E-state index in [1.165, 1.54) is 12.8 Å². The molecule has 2 rings (SSSR count). The Kier molecular flexibility index (Phi) is 3.83. The van der Waals surface area contributed by atoms with Gasteiger partial charge >= 0.3 is 0 Å². The number of imidazole rings is 1. The molecule has 90 valence electrons. The summed E-state index contributed by atoms with van der Waals surface area (Å²) < 4.78 is 7.69. The highest BCUT2D eigenvalue weighted by Crippen LogP contribution is 2.23. The third-order valence-corrected chi connectivity index (χ3v) is 2.55.